The second-order valence-electron chi connectivity index (χ2n) is 4.97. The predicted molar refractivity (Wildman–Crippen MR) is 94.7 cm³/mol. The Kier molecular flexibility index (Phi) is 5.01. The summed E-state index contributed by atoms with van der Waals surface area (Å²) in [5.41, 5.74) is 0.312. The Morgan fingerprint density at radius 2 is 2.00 bits per heavy atom. The molecule has 27 heavy (non-hydrogen) atoms. The van der Waals surface area contributed by atoms with Crippen LogP contribution in [0, 0.1) is 0 Å². The number of nitrogens with one attached hydrogen (secondary N) is 2. The van der Waals surface area contributed by atoms with E-state index in [-0.39, 0.29) is 27.8 Å². The van der Waals surface area contributed by atoms with E-state index in [1.54, 1.807) is 18.2 Å². The van der Waals surface area contributed by atoms with Crippen molar-refractivity contribution in [2.24, 2.45) is 0 Å². The lowest BCUT2D eigenvalue weighted by molar-refractivity contribution is 0.256. The molecule has 0 aliphatic heterocycles. The van der Waals surface area contributed by atoms with Crippen molar-refractivity contribution >= 4 is 39.3 Å². The predicted octanol–water partition coefficient (Wildman–Crippen LogP) is 1.31. The van der Waals surface area contributed by atoms with E-state index in [4.69, 9.17) is 21.1 Å². The summed E-state index contributed by atoms with van der Waals surface area (Å²) in [7, 11) is -1.58. The topological polar surface area (TPSA) is 137 Å². The molecule has 0 atom stereocenters. The molecule has 0 aliphatic carbocycles. The van der Waals surface area contributed by atoms with Crippen LogP contribution in [0.3, 0.4) is 0 Å². The summed E-state index contributed by atoms with van der Waals surface area (Å²) in [6, 6.07) is 3.75. The quantitative estimate of drug-likeness (QED) is 0.639. The molecule has 0 aliphatic rings. The van der Waals surface area contributed by atoms with E-state index < -0.39 is 16.1 Å². The highest BCUT2D eigenvalue weighted by Crippen LogP contribution is 2.24. The van der Waals surface area contributed by atoms with Gasteiger partial charge in [0.1, 0.15) is 5.65 Å². The number of rotatable bonds is 5. The number of sulfonamides is 1. The van der Waals surface area contributed by atoms with Gasteiger partial charge in [0.2, 0.25) is 5.95 Å². The van der Waals surface area contributed by atoms with Crippen molar-refractivity contribution in [3.63, 3.8) is 0 Å². The summed E-state index contributed by atoms with van der Waals surface area (Å²) in [5.74, 6) is 0.119. The third-order valence-electron chi connectivity index (χ3n) is 3.29. The molecule has 2 N–H and O–H groups in total. The van der Waals surface area contributed by atoms with Crippen LogP contribution in [0.4, 0.5) is 10.7 Å². The van der Waals surface area contributed by atoms with E-state index >= 15 is 0 Å². The first kappa shape index (κ1) is 18.7. The van der Waals surface area contributed by atoms with Crippen LogP contribution < -0.4 is 19.5 Å². The molecule has 0 spiro atoms. The molecule has 0 aromatic carbocycles. The smallest absolute Gasteiger partial charge is 0.335 e. The van der Waals surface area contributed by atoms with Gasteiger partial charge in [-0.05, 0) is 12.1 Å². The molecule has 0 saturated heterocycles. The summed E-state index contributed by atoms with van der Waals surface area (Å²) in [6.45, 7) is 0. The summed E-state index contributed by atoms with van der Waals surface area (Å²) in [4.78, 5) is 23.8. The van der Waals surface area contributed by atoms with Crippen LogP contribution >= 0.6 is 11.6 Å². The number of carbonyl (C=O) groups is 1. The maximum atomic E-state index is 12.5. The molecular formula is C14H13ClN6O5S. The fraction of sp³-hybridized carbons (Fsp3) is 0.143. The first-order valence-electron chi connectivity index (χ1n) is 7.27. The molecule has 3 heterocycles. The highest BCUT2D eigenvalue weighted by Gasteiger charge is 2.26. The zero-order chi connectivity index (χ0) is 19.6. The fourth-order valence-corrected chi connectivity index (χ4v) is 3.74. The van der Waals surface area contributed by atoms with Gasteiger partial charge >= 0.3 is 6.03 Å². The highest BCUT2D eigenvalue weighted by molar-refractivity contribution is 7.90. The van der Waals surface area contributed by atoms with Crippen LogP contribution in [0.5, 0.6) is 11.6 Å². The molecule has 11 nitrogen and oxygen atoms in total. The van der Waals surface area contributed by atoms with Crippen LogP contribution in [0.1, 0.15) is 0 Å². The lowest BCUT2D eigenvalue weighted by atomic mass is 10.5. The van der Waals surface area contributed by atoms with Gasteiger partial charge in [-0.2, -0.15) is 13.4 Å². The number of carbonyl (C=O) groups excluding carboxylic acids is 1. The number of aromatic nitrogens is 4. The lowest BCUT2D eigenvalue weighted by Crippen LogP contribution is -2.35. The fourth-order valence-electron chi connectivity index (χ4n) is 2.18. The summed E-state index contributed by atoms with van der Waals surface area (Å²) < 4.78 is 38.1. The van der Waals surface area contributed by atoms with Gasteiger partial charge < -0.3 is 9.47 Å². The molecule has 0 saturated carbocycles. The Morgan fingerprint density at radius 3 is 2.70 bits per heavy atom. The molecule has 13 heteroatoms. The highest BCUT2D eigenvalue weighted by atomic mass is 35.5. The molecule has 0 radical (unpaired) electrons. The molecular weight excluding hydrogens is 400 g/mol. The average molecular weight is 413 g/mol. The van der Waals surface area contributed by atoms with E-state index in [9.17, 15) is 13.2 Å². The van der Waals surface area contributed by atoms with Gasteiger partial charge in [0.15, 0.2) is 15.9 Å². The Labute approximate surface area is 158 Å². The van der Waals surface area contributed by atoms with Crippen LogP contribution in [0.2, 0.25) is 5.15 Å². The zero-order valence-electron chi connectivity index (χ0n) is 14.0. The Hall–Kier alpha value is -3.12. The molecule has 0 fully saturated rings. The first-order valence-corrected chi connectivity index (χ1v) is 9.13. The first-order chi connectivity index (χ1) is 12.9. The number of nitrogens with zero attached hydrogens (tertiary/aromatic N) is 4. The van der Waals surface area contributed by atoms with Gasteiger partial charge in [0.05, 0.1) is 20.4 Å². The standard InChI is InChI=1S/C14H13ClN6O5S/c1-25-8-7-16-13(18-11(8)26-2)19-14(22)20-27(23,24)12-10(15)17-9-5-3-4-6-21(9)12/h3-7H,1-2H3,(H2,16,18,19,20,22). The minimum atomic E-state index is -4.33. The van der Waals surface area contributed by atoms with Crippen LogP contribution in [0.15, 0.2) is 35.6 Å². The Bertz CT molecular complexity index is 1120. The van der Waals surface area contributed by atoms with E-state index in [0.29, 0.717) is 5.65 Å². The minimum Gasteiger partial charge on any atom is -0.490 e. The second-order valence-corrected chi connectivity index (χ2v) is 6.92. The number of halogens is 1. The SMILES string of the molecule is COc1cnc(NC(=O)NS(=O)(=O)c2c(Cl)nc3ccccn23)nc1OC. The van der Waals surface area contributed by atoms with Gasteiger partial charge in [-0.1, -0.05) is 17.7 Å². The number of hydrogen-bond acceptors (Lipinski definition) is 8. The third kappa shape index (κ3) is 3.71. The number of hydrogen-bond donors (Lipinski definition) is 2. The summed E-state index contributed by atoms with van der Waals surface area (Å²) in [5, 5.41) is 1.55. The number of fused-ring (bicyclic) bond motifs is 1. The molecule has 3 aromatic rings. The van der Waals surface area contributed by atoms with Crippen molar-refractivity contribution in [2.45, 2.75) is 5.03 Å². The largest absolute Gasteiger partial charge is 0.490 e. The number of urea groups is 1. The van der Waals surface area contributed by atoms with E-state index in [0.717, 1.165) is 0 Å². The van der Waals surface area contributed by atoms with Gasteiger partial charge in [0.25, 0.3) is 15.9 Å². The molecule has 2 amide bonds. The number of amides is 2. The number of ether oxygens (including phenoxy) is 2. The number of methoxy groups -OCH3 is 2. The van der Waals surface area contributed by atoms with Crippen molar-refractivity contribution in [2.75, 3.05) is 19.5 Å². The molecule has 0 unspecified atom stereocenters. The van der Waals surface area contributed by atoms with Gasteiger partial charge in [-0.25, -0.2) is 19.5 Å². The van der Waals surface area contributed by atoms with Crippen molar-refractivity contribution in [1.29, 1.82) is 0 Å². The van der Waals surface area contributed by atoms with Crippen LogP contribution in [-0.2, 0) is 10.0 Å². The molecule has 3 aromatic heterocycles. The van der Waals surface area contributed by atoms with Gasteiger partial charge in [-0.15, -0.1) is 0 Å². The number of pyridine rings is 1. The third-order valence-corrected chi connectivity index (χ3v) is 5.02. The van der Waals surface area contributed by atoms with Crippen molar-refractivity contribution in [3.8, 4) is 11.6 Å². The Balaban J connectivity index is 1.84. The molecule has 142 valence electrons. The van der Waals surface area contributed by atoms with Gasteiger partial charge in [0, 0.05) is 6.20 Å². The minimum absolute atomic E-state index is 0.0653. The van der Waals surface area contributed by atoms with Crippen molar-refractivity contribution in [3.05, 3.63) is 35.7 Å². The zero-order valence-corrected chi connectivity index (χ0v) is 15.6. The second kappa shape index (κ2) is 7.25. The number of anilines is 1. The maximum Gasteiger partial charge on any atom is 0.335 e. The lowest BCUT2D eigenvalue weighted by Gasteiger charge is -2.10. The van der Waals surface area contributed by atoms with Crippen molar-refractivity contribution in [1.82, 2.24) is 24.1 Å². The Morgan fingerprint density at radius 1 is 1.22 bits per heavy atom. The maximum absolute atomic E-state index is 12.5. The monoisotopic (exact) mass is 412 g/mol. The summed E-state index contributed by atoms with van der Waals surface area (Å²) in [6.07, 6.45) is 2.72. The van der Waals surface area contributed by atoms with Gasteiger partial charge in [-0.3, -0.25) is 9.72 Å². The van der Waals surface area contributed by atoms with E-state index in [2.05, 4.69) is 20.3 Å². The summed E-state index contributed by atoms with van der Waals surface area (Å²) >= 11 is 5.93. The normalized spacial score (nSPS) is 11.2. The molecule has 0 bridgehead atoms. The number of imidazole rings is 1. The van der Waals surface area contributed by atoms with Crippen molar-refractivity contribution < 1.29 is 22.7 Å². The average Bonchev–Trinajstić information content (AvgIpc) is 2.97. The van der Waals surface area contributed by atoms with Crippen LogP contribution in [0.25, 0.3) is 5.65 Å². The molecule has 3 rings (SSSR count). The van der Waals surface area contributed by atoms with Crippen LogP contribution in [-0.4, -0.2) is 48.0 Å². The van der Waals surface area contributed by atoms with E-state index in [1.165, 1.54) is 31.0 Å². The van der Waals surface area contributed by atoms with E-state index in [1.807, 2.05) is 4.72 Å².